The van der Waals surface area contributed by atoms with Crippen LogP contribution in [-0.4, -0.2) is 17.0 Å². The van der Waals surface area contributed by atoms with Crippen LogP contribution in [0.2, 0.25) is 0 Å². The number of alkyl halides is 2. The Bertz CT molecular complexity index is 179. The minimum Gasteiger partial charge on any atom is -0.481 e. The molecule has 2 nitrogen and oxygen atoms in total. The Morgan fingerprint density at radius 3 is 2.55 bits per heavy atom. The molecule has 1 aliphatic carbocycles. The van der Waals surface area contributed by atoms with Crippen molar-refractivity contribution in [3.05, 3.63) is 0 Å². The molecule has 0 radical (unpaired) electrons. The van der Waals surface area contributed by atoms with E-state index in [1.807, 2.05) is 0 Å². The minimum absolute atomic E-state index is 0.0995. The summed E-state index contributed by atoms with van der Waals surface area (Å²) in [5.74, 6) is -4.90. The van der Waals surface area contributed by atoms with Gasteiger partial charge in [-0.05, 0) is 6.42 Å². The van der Waals surface area contributed by atoms with E-state index in [0.29, 0.717) is 0 Å². The van der Waals surface area contributed by atoms with Crippen LogP contribution in [0.5, 0.6) is 0 Å². The molecule has 1 fully saturated rings. The summed E-state index contributed by atoms with van der Waals surface area (Å²) >= 11 is 0. The van der Waals surface area contributed by atoms with Crippen LogP contribution in [0.1, 0.15) is 19.8 Å². The van der Waals surface area contributed by atoms with Crippen LogP contribution < -0.4 is 0 Å². The van der Waals surface area contributed by atoms with Gasteiger partial charge in [-0.3, -0.25) is 4.79 Å². The van der Waals surface area contributed by atoms with E-state index in [4.69, 9.17) is 5.11 Å². The fraction of sp³-hybridized carbons (Fsp3) is 0.857. The van der Waals surface area contributed by atoms with E-state index in [0.717, 1.165) is 0 Å². The largest absolute Gasteiger partial charge is 0.481 e. The third-order valence-electron chi connectivity index (χ3n) is 2.02. The quantitative estimate of drug-likeness (QED) is 0.689. The second-order valence-electron chi connectivity index (χ2n) is 3.14. The predicted molar refractivity (Wildman–Crippen MR) is 34.5 cm³/mol. The molecule has 0 bridgehead atoms. The highest BCUT2D eigenvalue weighted by atomic mass is 19.3. The lowest BCUT2D eigenvalue weighted by molar-refractivity contribution is -0.141. The van der Waals surface area contributed by atoms with Gasteiger partial charge < -0.3 is 5.11 Å². The van der Waals surface area contributed by atoms with Crippen molar-refractivity contribution >= 4 is 5.97 Å². The van der Waals surface area contributed by atoms with Crippen molar-refractivity contribution in [2.75, 3.05) is 0 Å². The molecule has 0 aliphatic heterocycles. The Hall–Kier alpha value is -0.670. The average Bonchev–Trinajstić information content (AvgIpc) is 2.39. The normalized spacial score (nSPS) is 29.5. The summed E-state index contributed by atoms with van der Waals surface area (Å²) in [6.07, 6.45) is -0.0348. The number of rotatable bonds is 3. The van der Waals surface area contributed by atoms with E-state index in [9.17, 15) is 13.6 Å². The standard InChI is InChI=1S/C7H10F2O2/c1-4(6(10)11)2-5-3-7(5,8)9/h4-5H,2-3H2,1H3,(H,10,11)/t4-,5?/m1/s1. The molecule has 1 aliphatic rings. The molecular formula is C7H10F2O2. The minimum atomic E-state index is -2.58. The topological polar surface area (TPSA) is 37.3 Å². The van der Waals surface area contributed by atoms with Crippen molar-refractivity contribution < 1.29 is 18.7 Å². The Morgan fingerprint density at radius 2 is 2.27 bits per heavy atom. The van der Waals surface area contributed by atoms with Crippen LogP contribution >= 0.6 is 0 Å². The summed E-state index contributed by atoms with van der Waals surface area (Å²) in [5, 5.41) is 8.38. The molecule has 1 rings (SSSR count). The third-order valence-corrected chi connectivity index (χ3v) is 2.02. The molecule has 11 heavy (non-hydrogen) atoms. The number of halogens is 2. The zero-order chi connectivity index (χ0) is 8.65. The fourth-order valence-corrected chi connectivity index (χ4v) is 1.05. The maximum absolute atomic E-state index is 12.2. The Labute approximate surface area is 63.2 Å². The van der Waals surface area contributed by atoms with Crippen molar-refractivity contribution in [3.8, 4) is 0 Å². The van der Waals surface area contributed by atoms with Crippen LogP contribution in [0, 0.1) is 11.8 Å². The van der Waals surface area contributed by atoms with Gasteiger partial charge in [-0.1, -0.05) is 6.92 Å². The van der Waals surface area contributed by atoms with E-state index in [-0.39, 0.29) is 12.8 Å². The highest BCUT2D eigenvalue weighted by Crippen LogP contribution is 2.51. The molecule has 1 N–H and O–H groups in total. The molecule has 0 heterocycles. The van der Waals surface area contributed by atoms with Gasteiger partial charge in [0, 0.05) is 12.3 Å². The van der Waals surface area contributed by atoms with Crippen molar-refractivity contribution in [2.24, 2.45) is 11.8 Å². The summed E-state index contributed by atoms with van der Waals surface area (Å²) in [4.78, 5) is 10.2. The molecule has 4 heteroatoms. The lowest BCUT2D eigenvalue weighted by Crippen LogP contribution is -2.11. The van der Waals surface area contributed by atoms with Gasteiger partial charge in [-0.2, -0.15) is 0 Å². The van der Waals surface area contributed by atoms with Crippen LogP contribution in [0.3, 0.4) is 0 Å². The summed E-state index contributed by atoms with van der Waals surface area (Å²) < 4.78 is 24.5. The number of hydrogen-bond acceptors (Lipinski definition) is 1. The van der Waals surface area contributed by atoms with Gasteiger partial charge >= 0.3 is 5.97 Å². The molecule has 2 atom stereocenters. The number of carboxylic acids is 1. The summed E-state index contributed by atoms with van der Waals surface area (Å²) in [7, 11) is 0. The van der Waals surface area contributed by atoms with Crippen molar-refractivity contribution in [2.45, 2.75) is 25.7 Å². The highest BCUT2D eigenvalue weighted by molar-refractivity contribution is 5.69. The van der Waals surface area contributed by atoms with Gasteiger partial charge in [0.05, 0.1) is 5.92 Å². The van der Waals surface area contributed by atoms with Crippen molar-refractivity contribution in [3.63, 3.8) is 0 Å². The molecule has 0 spiro atoms. The third kappa shape index (κ3) is 1.88. The molecule has 64 valence electrons. The first-order valence-corrected chi connectivity index (χ1v) is 3.54. The van der Waals surface area contributed by atoms with Gasteiger partial charge in [-0.25, -0.2) is 8.78 Å². The molecule has 0 amide bonds. The Balaban J connectivity index is 2.29. The Kier molecular flexibility index (Phi) is 1.86. The maximum Gasteiger partial charge on any atom is 0.306 e. The SMILES string of the molecule is C[C@H](CC1CC1(F)F)C(=O)O. The summed E-state index contributed by atoms with van der Waals surface area (Å²) in [6, 6.07) is 0. The number of aliphatic carboxylic acids is 1. The lowest BCUT2D eigenvalue weighted by atomic mass is 10.1. The smallest absolute Gasteiger partial charge is 0.306 e. The van der Waals surface area contributed by atoms with Gasteiger partial charge in [0.25, 0.3) is 5.92 Å². The zero-order valence-electron chi connectivity index (χ0n) is 6.18. The Morgan fingerprint density at radius 1 is 1.82 bits per heavy atom. The van der Waals surface area contributed by atoms with Crippen molar-refractivity contribution in [1.82, 2.24) is 0 Å². The van der Waals surface area contributed by atoms with E-state index < -0.39 is 23.7 Å². The molecule has 0 saturated heterocycles. The van der Waals surface area contributed by atoms with E-state index in [1.54, 1.807) is 0 Å². The first-order valence-electron chi connectivity index (χ1n) is 3.54. The summed E-state index contributed by atoms with van der Waals surface area (Å²) in [5.41, 5.74) is 0. The van der Waals surface area contributed by atoms with Gasteiger partial charge in [0.1, 0.15) is 0 Å². The molecule has 0 aromatic rings. The first-order chi connectivity index (χ1) is 4.93. The van der Waals surface area contributed by atoms with E-state index in [2.05, 4.69) is 0 Å². The fourth-order valence-electron chi connectivity index (χ4n) is 1.05. The van der Waals surface area contributed by atoms with Crippen molar-refractivity contribution in [1.29, 1.82) is 0 Å². The van der Waals surface area contributed by atoms with Crippen LogP contribution in [0.4, 0.5) is 8.78 Å². The second kappa shape index (κ2) is 2.43. The number of carboxylic acid groups (broad SMARTS) is 1. The van der Waals surface area contributed by atoms with Gasteiger partial charge in [0.2, 0.25) is 0 Å². The summed E-state index contributed by atoms with van der Waals surface area (Å²) in [6.45, 7) is 1.46. The van der Waals surface area contributed by atoms with E-state index in [1.165, 1.54) is 6.92 Å². The molecule has 0 aromatic carbocycles. The zero-order valence-corrected chi connectivity index (χ0v) is 6.18. The molecular weight excluding hydrogens is 154 g/mol. The van der Waals surface area contributed by atoms with Crippen LogP contribution in [-0.2, 0) is 4.79 Å². The number of hydrogen-bond donors (Lipinski definition) is 1. The predicted octanol–water partition coefficient (Wildman–Crippen LogP) is 1.75. The second-order valence-corrected chi connectivity index (χ2v) is 3.14. The molecule has 1 unspecified atom stereocenters. The van der Waals surface area contributed by atoms with Crippen LogP contribution in [0.25, 0.3) is 0 Å². The first kappa shape index (κ1) is 8.43. The lowest BCUT2D eigenvalue weighted by Gasteiger charge is -2.03. The average molecular weight is 164 g/mol. The maximum atomic E-state index is 12.2. The van der Waals surface area contributed by atoms with Crippen LogP contribution in [0.15, 0.2) is 0 Å². The van der Waals surface area contributed by atoms with Gasteiger partial charge in [-0.15, -0.1) is 0 Å². The van der Waals surface area contributed by atoms with E-state index >= 15 is 0 Å². The molecule has 0 aromatic heterocycles. The number of carbonyl (C=O) groups is 1. The molecule has 1 saturated carbocycles. The monoisotopic (exact) mass is 164 g/mol. The van der Waals surface area contributed by atoms with Gasteiger partial charge in [0.15, 0.2) is 0 Å². The highest BCUT2D eigenvalue weighted by Gasteiger charge is 2.56.